The molecule has 0 atom stereocenters. The van der Waals surface area contributed by atoms with Gasteiger partial charge in [-0.15, -0.1) is 0 Å². The Morgan fingerprint density at radius 3 is 2.84 bits per heavy atom. The number of unbranched alkanes of at least 4 members (excludes halogenated alkanes) is 1. The Kier molecular flexibility index (Phi) is 5.12. The molecule has 1 heterocycles. The molecule has 4 nitrogen and oxygen atoms in total. The van der Waals surface area contributed by atoms with E-state index in [-0.39, 0.29) is 17.1 Å². The first kappa shape index (κ1) is 17.1. The van der Waals surface area contributed by atoms with Crippen molar-refractivity contribution in [3.05, 3.63) is 53.0 Å². The number of allylic oxidation sites excluding steroid dienone is 3. The van der Waals surface area contributed by atoms with Crippen LogP contribution in [0.15, 0.2) is 35.9 Å². The summed E-state index contributed by atoms with van der Waals surface area (Å²) in [5.41, 5.74) is 2.93. The maximum absolute atomic E-state index is 14.3. The topological polar surface area (TPSA) is 58.0 Å². The molecule has 0 saturated carbocycles. The predicted molar refractivity (Wildman–Crippen MR) is 99.0 cm³/mol. The third-order valence-electron chi connectivity index (χ3n) is 4.19. The summed E-state index contributed by atoms with van der Waals surface area (Å²) in [7, 11) is 0. The number of hydrogen-bond acceptors (Lipinski definition) is 4. The largest absolute Gasteiger partial charge is 0.507 e. The van der Waals surface area contributed by atoms with E-state index in [0.29, 0.717) is 12.2 Å². The van der Waals surface area contributed by atoms with Gasteiger partial charge in [0.15, 0.2) is 5.82 Å². The van der Waals surface area contributed by atoms with E-state index in [1.807, 2.05) is 19.1 Å². The molecule has 1 aliphatic carbocycles. The van der Waals surface area contributed by atoms with Gasteiger partial charge in [0.1, 0.15) is 17.4 Å². The Bertz CT molecular complexity index is 823. The average molecular weight is 339 g/mol. The molecule has 0 saturated heterocycles. The van der Waals surface area contributed by atoms with E-state index in [4.69, 9.17) is 0 Å². The molecule has 0 aliphatic heterocycles. The number of phenols is 1. The van der Waals surface area contributed by atoms with E-state index in [1.165, 1.54) is 18.2 Å². The third kappa shape index (κ3) is 3.71. The smallest absolute Gasteiger partial charge is 0.168 e. The van der Waals surface area contributed by atoms with Gasteiger partial charge < -0.3 is 10.4 Å². The zero-order valence-corrected chi connectivity index (χ0v) is 14.5. The van der Waals surface area contributed by atoms with Gasteiger partial charge in [0, 0.05) is 18.5 Å². The molecule has 5 heteroatoms. The molecule has 25 heavy (non-hydrogen) atoms. The Hall–Kier alpha value is -2.69. The quantitative estimate of drug-likeness (QED) is 0.774. The number of hydrogen-bond donors (Lipinski definition) is 2. The van der Waals surface area contributed by atoms with E-state index < -0.39 is 5.82 Å². The van der Waals surface area contributed by atoms with Gasteiger partial charge in [0.2, 0.25) is 0 Å². The maximum Gasteiger partial charge on any atom is 0.168 e. The van der Waals surface area contributed by atoms with E-state index in [1.54, 1.807) is 0 Å². The molecule has 0 amide bonds. The van der Waals surface area contributed by atoms with Crippen LogP contribution in [-0.4, -0.2) is 21.6 Å². The normalized spacial score (nSPS) is 13.2. The van der Waals surface area contributed by atoms with Gasteiger partial charge in [-0.1, -0.05) is 37.1 Å². The summed E-state index contributed by atoms with van der Waals surface area (Å²) in [6, 6.07) is 4.21. The highest BCUT2D eigenvalue weighted by Gasteiger charge is 2.19. The highest BCUT2D eigenvalue weighted by atomic mass is 19.1. The Morgan fingerprint density at radius 2 is 2.08 bits per heavy atom. The fourth-order valence-electron chi connectivity index (χ4n) is 2.75. The number of aromatic hydroxyl groups is 1. The lowest BCUT2D eigenvalue weighted by atomic mass is 10.1. The van der Waals surface area contributed by atoms with Crippen molar-refractivity contribution in [2.75, 3.05) is 11.9 Å². The van der Waals surface area contributed by atoms with Crippen LogP contribution in [0.1, 0.15) is 37.9 Å². The highest BCUT2D eigenvalue weighted by molar-refractivity contribution is 5.73. The lowest BCUT2D eigenvalue weighted by Gasteiger charge is -2.14. The number of halogens is 1. The van der Waals surface area contributed by atoms with Crippen molar-refractivity contribution in [1.82, 2.24) is 9.97 Å². The molecule has 1 aromatic heterocycles. The number of anilines is 1. The van der Waals surface area contributed by atoms with Crippen LogP contribution in [0, 0.1) is 5.82 Å². The lowest BCUT2D eigenvalue weighted by Crippen LogP contribution is -2.09. The number of nitrogens with one attached hydrogen (secondary N) is 1. The molecule has 0 fully saturated rings. The van der Waals surface area contributed by atoms with E-state index in [2.05, 4.69) is 28.3 Å². The molecule has 2 aromatic rings. The fourth-order valence-corrected chi connectivity index (χ4v) is 2.75. The summed E-state index contributed by atoms with van der Waals surface area (Å²) in [6.45, 7) is 4.94. The van der Waals surface area contributed by atoms with E-state index >= 15 is 0 Å². The second kappa shape index (κ2) is 7.47. The summed E-state index contributed by atoms with van der Waals surface area (Å²) >= 11 is 0. The minimum atomic E-state index is -0.532. The second-order valence-electron chi connectivity index (χ2n) is 6.16. The van der Waals surface area contributed by atoms with Crippen LogP contribution in [0.5, 0.6) is 5.75 Å². The molecule has 0 radical (unpaired) electrons. The van der Waals surface area contributed by atoms with Crippen molar-refractivity contribution in [2.45, 2.75) is 33.1 Å². The van der Waals surface area contributed by atoms with Crippen molar-refractivity contribution in [2.24, 2.45) is 0 Å². The van der Waals surface area contributed by atoms with Crippen LogP contribution in [0.25, 0.3) is 17.5 Å². The molecule has 130 valence electrons. The fraction of sp³-hybridized carbons (Fsp3) is 0.300. The van der Waals surface area contributed by atoms with Crippen molar-refractivity contribution < 1.29 is 9.50 Å². The number of nitrogens with zero attached hydrogens (tertiary/aromatic N) is 2. The maximum atomic E-state index is 14.3. The Labute approximate surface area is 147 Å². The lowest BCUT2D eigenvalue weighted by molar-refractivity contribution is 0.471. The highest BCUT2D eigenvalue weighted by Crippen LogP contribution is 2.32. The Morgan fingerprint density at radius 1 is 1.24 bits per heavy atom. The molecule has 1 aliphatic rings. The van der Waals surface area contributed by atoms with Gasteiger partial charge >= 0.3 is 0 Å². The summed E-state index contributed by atoms with van der Waals surface area (Å²) in [4.78, 5) is 9.06. The number of rotatable bonds is 5. The molecule has 2 N–H and O–H groups in total. The van der Waals surface area contributed by atoms with Crippen LogP contribution < -0.4 is 5.32 Å². The van der Waals surface area contributed by atoms with E-state index in [0.717, 1.165) is 36.2 Å². The van der Waals surface area contributed by atoms with Gasteiger partial charge in [0.25, 0.3) is 0 Å². The number of phenolic OH excluding ortho intramolecular Hbond substituents is 1. The van der Waals surface area contributed by atoms with Gasteiger partial charge in [0.05, 0.1) is 11.3 Å². The van der Waals surface area contributed by atoms with Crippen molar-refractivity contribution in [3.63, 3.8) is 0 Å². The molecular weight excluding hydrogens is 317 g/mol. The minimum absolute atomic E-state index is 0.0396. The molecular formula is C20H22FN3O. The zero-order chi connectivity index (χ0) is 17.8. The van der Waals surface area contributed by atoms with Crippen LogP contribution in [0.3, 0.4) is 0 Å². The second-order valence-corrected chi connectivity index (χ2v) is 6.16. The molecule has 0 bridgehead atoms. The van der Waals surface area contributed by atoms with Crippen molar-refractivity contribution in [1.29, 1.82) is 0 Å². The average Bonchev–Trinajstić information content (AvgIpc) is 2.77. The summed E-state index contributed by atoms with van der Waals surface area (Å²) < 4.78 is 14.3. The van der Waals surface area contributed by atoms with Crippen LogP contribution in [0.2, 0.25) is 0 Å². The van der Waals surface area contributed by atoms with Gasteiger partial charge in [-0.2, -0.15) is 0 Å². The van der Waals surface area contributed by atoms with Gasteiger partial charge in [-0.25, -0.2) is 14.4 Å². The monoisotopic (exact) mass is 339 g/mol. The first-order valence-corrected chi connectivity index (χ1v) is 8.57. The zero-order valence-electron chi connectivity index (χ0n) is 14.5. The summed E-state index contributed by atoms with van der Waals surface area (Å²) in [5.74, 6) is 0.191. The number of aromatic nitrogens is 2. The van der Waals surface area contributed by atoms with E-state index in [9.17, 15) is 9.50 Å². The van der Waals surface area contributed by atoms with Crippen molar-refractivity contribution >= 4 is 11.9 Å². The minimum Gasteiger partial charge on any atom is -0.507 e. The molecule has 0 spiro atoms. The number of fused-ring (bicyclic) bond motifs is 1. The first-order chi connectivity index (χ1) is 12.1. The first-order valence-electron chi connectivity index (χ1n) is 8.57. The summed E-state index contributed by atoms with van der Waals surface area (Å²) in [6.07, 6.45) is 8.82. The van der Waals surface area contributed by atoms with Crippen LogP contribution in [0.4, 0.5) is 10.2 Å². The molecule has 3 rings (SSSR count). The standard InChI is InChI=1S/C20H22FN3O/c1-3-4-12-22-19-14-10-8-13(2)9-11-16(14)23-20(24-19)18-15(21)6-5-7-17(18)25/h5-10,25H,3-4,11-12H2,1-2H3,(H,22,23,24). The summed E-state index contributed by atoms with van der Waals surface area (Å²) in [5, 5.41) is 13.4. The predicted octanol–water partition coefficient (Wildman–Crippen LogP) is 4.72. The number of benzene rings is 1. The Balaban J connectivity index is 2.12. The molecule has 0 unspecified atom stereocenters. The van der Waals surface area contributed by atoms with Crippen LogP contribution >= 0.6 is 0 Å². The molecule has 1 aromatic carbocycles. The van der Waals surface area contributed by atoms with Crippen molar-refractivity contribution in [3.8, 4) is 17.1 Å². The van der Waals surface area contributed by atoms with Gasteiger partial charge in [-0.05, 0) is 31.6 Å². The SMILES string of the molecule is CCCCNc1nc(-c2c(O)cccc2F)nc2c1C=CC(C)=CC2. The van der Waals surface area contributed by atoms with Gasteiger partial charge in [-0.3, -0.25) is 0 Å². The van der Waals surface area contributed by atoms with Crippen LogP contribution in [-0.2, 0) is 6.42 Å². The third-order valence-corrected chi connectivity index (χ3v) is 4.19.